The van der Waals surface area contributed by atoms with Gasteiger partial charge in [-0.1, -0.05) is 0 Å². The van der Waals surface area contributed by atoms with E-state index >= 15 is 0 Å². The van der Waals surface area contributed by atoms with E-state index in [2.05, 4.69) is 4.74 Å². The van der Waals surface area contributed by atoms with Gasteiger partial charge in [0.15, 0.2) is 11.6 Å². The second-order valence-corrected chi connectivity index (χ2v) is 3.24. The van der Waals surface area contributed by atoms with E-state index in [-0.39, 0.29) is 3.57 Å². The summed E-state index contributed by atoms with van der Waals surface area (Å²) in [6.07, 6.45) is 0. The molecular weight excluding hydrogens is 303 g/mol. The summed E-state index contributed by atoms with van der Waals surface area (Å²) in [7, 11) is 0. The number of hydrogen-bond acceptors (Lipinski definition) is 1. The van der Waals surface area contributed by atoms with Gasteiger partial charge in [-0.05, 0) is 28.7 Å². The van der Waals surface area contributed by atoms with Crippen molar-refractivity contribution in [1.82, 2.24) is 0 Å². The maximum atomic E-state index is 12.9. The summed E-state index contributed by atoms with van der Waals surface area (Å²) in [4.78, 5) is 0. The maximum Gasteiger partial charge on any atom is 0.387 e. The minimum Gasteiger partial charge on any atom is -0.432 e. The van der Waals surface area contributed by atoms with E-state index in [9.17, 15) is 17.6 Å². The molecule has 0 radical (unpaired) electrons. The molecule has 6 heteroatoms. The quantitative estimate of drug-likeness (QED) is 0.463. The Morgan fingerprint density at radius 3 is 2.38 bits per heavy atom. The van der Waals surface area contributed by atoms with E-state index in [0.717, 1.165) is 6.07 Å². The summed E-state index contributed by atoms with van der Waals surface area (Å²) in [5, 5.41) is 0. The van der Waals surface area contributed by atoms with Crippen molar-refractivity contribution in [2.75, 3.05) is 0 Å². The number of hydrogen-bond donors (Lipinski definition) is 0. The average Bonchev–Trinajstić information content (AvgIpc) is 1.98. The first kappa shape index (κ1) is 10.6. The second kappa shape index (κ2) is 4.12. The molecule has 0 saturated heterocycles. The predicted octanol–water partition coefficient (Wildman–Crippen LogP) is 3.17. The molecule has 72 valence electrons. The molecular formula is C7H3F4IO. The van der Waals surface area contributed by atoms with Gasteiger partial charge in [0.1, 0.15) is 5.82 Å². The molecule has 1 aromatic carbocycles. The van der Waals surface area contributed by atoms with E-state index < -0.39 is 24.0 Å². The van der Waals surface area contributed by atoms with E-state index in [1.54, 1.807) is 0 Å². The number of ether oxygens (including phenoxy) is 1. The van der Waals surface area contributed by atoms with Crippen molar-refractivity contribution in [2.45, 2.75) is 6.61 Å². The lowest BCUT2D eigenvalue weighted by atomic mass is 10.3. The van der Waals surface area contributed by atoms with Crippen LogP contribution >= 0.6 is 22.6 Å². The van der Waals surface area contributed by atoms with Crippen LogP contribution in [0.3, 0.4) is 0 Å². The fraction of sp³-hybridized carbons (Fsp3) is 0.143. The summed E-state index contributed by atoms with van der Waals surface area (Å²) in [5.41, 5.74) is 0. The average molecular weight is 306 g/mol. The molecule has 0 bridgehead atoms. The monoisotopic (exact) mass is 306 g/mol. The summed E-state index contributed by atoms with van der Waals surface area (Å²) in [6.45, 7) is -3.16. The highest BCUT2D eigenvalue weighted by atomic mass is 127. The Morgan fingerprint density at radius 2 is 1.85 bits per heavy atom. The molecule has 0 atom stereocenters. The number of halogens is 5. The van der Waals surface area contributed by atoms with Gasteiger partial charge in [0.2, 0.25) is 0 Å². The maximum absolute atomic E-state index is 12.9. The minimum absolute atomic E-state index is 0.103. The molecule has 1 aromatic rings. The number of rotatable bonds is 2. The van der Waals surface area contributed by atoms with Gasteiger partial charge in [0, 0.05) is 6.07 Å². The molecule has 0 aliphatic rings. The van der Waals surface area contributed by atoms with Crippen LogP contribution in [0.1, 0.15) is 0 Å². The Labute approximate surface area is 84.8 Å². The third-order valence-electron chi connectivity index (χ3n) is 1.18. The van der Waals surface area contributed by atoms with Gasteiger partial charge < -0.3 is 4.74 Å². The molecule has 1 nitrogen and oxygen atoms in total. The summed E-state index contributed by atoms with van der Waals surface area (Å²) >= 11 is 1.48. The molecule has 0 spiro atoms. The van der Waals surface area contributed by atoms with Gasteiger partial charge in [-0.2, -0.15) is 8.78 Å². The van der Waals surface area contributed by atoms with Crippen LogP contribution in [-0.4, -0.2) is 6.61 Å². The summed E-state index contributed by atoms with van der Waals surface area (Å²) in [5.74, 6) is -2.58. The second-order valence-electron chi connectivity index (χ2n) is 2.08. The van der Waals surface area contributed by atoms with Crippen LogP contribution in [0.25, 0.3) is 0 Å². The zero-order valence-electron chi connectivity index (χ0n) is 6.03. The van der Waals surface area contributed by atoms with Crippen molar-refractivity contribution in [3.63, 3.8) is 0 Å². The lowest BCUT2D eigenvalue weighted by Crippen LogP contribution is -2.05. The Morgan fingerprint density at radius 1 is 1.23 bits per heavy atom. The Kier molecular flexibility index (Phi) is 3.34. The van der Waals surface area contributed by atoms with Crippen molar-refractivity contribution in [2.24, 2.45) is 0 Å². The van der Waals surface area contributed by atoms with Crippen LogP contribution < -0.4 is 4.74 Å². The summed E-state index contributed by atoms with van der Waals surface area (Å²) in [6, 6.07) is 1.46. The third kappa shape index (κ3) is 2.71. The van der Waals surface area contributed by atoms with Crippen LogP contribution in [0.4, 0.5) is 17.6 Å². The molecule has 0 aliphatic heterocycles. The molecule has 0 unspecified atom stereocenters. The van der Waals surface area contributed by atoms with Gasteiger partial charge in [-0.3, -0.25) is 0 Å². The van der Waals surface area contributed by atoms with Gasteiger partial charge in [-0.25, -0.2) is 8.78 Å². The fourth-order valence-corrected chi connectivity index (χ4v) is 1.28. The predicted molar refractivity (Wildman–Crippen MR) is 45.7 cm³/mol. The highest BCUT2D eigenvalue weighted by Gasteiger charge is 2.14. The molecule has 0 aromatic heterocycles. The first-order valence-electron chi connectivity index (χ1n) is 3.10. The molecule has 0 heterocycles. The fourth-order valence-electron chi connectivity index (χ4n) is 0.714. The van der Waals surface area contributed by atoms with E-state index in [4.69, 9.17) is 0 Å². The lowest BCUT2D eigenvalue weighted by molar-refractivity contribution is -0.0524. The highest BCUT2D eigenvalue weighted by Crippen LogP contribution is 2.25. The van der Waals surface area contributed by atoms with Crippen LogP contribution in [0.5, 0.6) is 5.75 Å². The van der Waals surface area contributed by atoms with Crippen LogP contribution in [0.15, 0.2) is 12.1 Å². The van der Waals surface area contributed by atoms with Gasteiger partial charge in [0.25, 0.3) is 0 Å². The van der Waals surface area contributed by atoms with Crippen LogP contribution in [0.2, 0.25) is 0 Å². The zero-order valence-corrected chi connectivity index (χ0v) is 8.19. The van der Waals surface area contributed by atoms with Gasteiger partial charge >= 0.3 is 6.61 Å². The zero-order chi connectivity index (χ0) is 10.0. The minimum atomic E-state index is -3.16. The van der Waals surface area contributed by atoms with Gasteiger partial charge in [-0.15, -0.1) is 0 Å². The molecule has 0 fully saturated rings. The van der Waals surface area contributed by atoms with Crippen molar-refractivity contribution in [1.29, 1.82) is 0 Å². The van der Waals surface area contributed by atoms with Crippen molar-refractivity contribution >= 4 is 22.6 Å². The van der Waals surface area contributed by atoms with Gasteiger partial charge in [0.05, 0.1) is 3.57 Å². The largest absolute Gasteiger partial charge is 0.432 e. The first-order chi connectivity index (χ1) is 6.00. The Hall–Kier alpha value is -0.530. The Balaban J connectivity index is 3.05. The lowest BCUT2D eigenvalue weighted by Gasteiger charge is -2.06. The number of alkyl halides is 2. The van der Waals surface area contributed by atoms with Crippen molar-refractivity contribution < 1.29 is 22.3 Å². The van der Waals surface area contributed by atoms with Crippen molar-refractivity contribution in [3.05, 3.63) is 27.3 Å². The van der Waals surface area contributed by atoms with Crippen LogP contribution in [0, 0.1) is 15.2 Å². The van der Waals surface area contributed by atoms with E-state index in [1.165, 1.54) is 22.6 Å². The van der Waals surface area contributed by atoms with E-state index in [0.29, 0.717) is 6.07 Å². The SMILES string of the molecule is Fc1cc(I)c(F)c(OC(F)F)c1. The summed E-state index contributed by atoms with van der Waals surface area (Å²) < 4.78 is 52.4. The standard InChI is InChI=1S/C7H3F4IO/c8-3-1-4(12)6(9)5(2-3)13-7(10)11/h1-2,7H. The Bertz CT molecular complexity index is 316. The molecule has 13 heavy (non-hydrogen) atoms. The molecule has 0 saturated carbocycles. The molecule has 0 amide bonds. The number of benzene rings is 1. The molecule has 1 rings (SSSR count). The van der Waals surface area contributed by atoms with Crippen molar-refractivity contribution in [3.8, 4) is 5.75 Å². The third-order valence-corrected chi connectivity index (χ3v) is 1.96. The molecule has 0 aliphatic carbocycles. The van der Waals surface area contributed by atoms with Crippen LogP contribution in [-0.2, 0) is 0 Å². The smallest absolute Gasteiger partial charge is 0.387 e. The first-order valence-corrected chi connectivity index (χ1v) is 4.18. The van der Waals surface area contributed by atoms with E-state index in [1.807, 2.05) is 0 Å². The molecule has 0 N–H and O–H groups in total. The normalized spacial score (nSPS) is 10.6. The topological polar surface area (TPSA) is 9.23 Å². The highest BCUT2D eigenvalue weighted by molar-refractivity contribution is 14.1.